The van der Waals surface area contributed by atoms with Gasteiger partial charge in [-0.3, -0.25) is 9.59 Å². The number of carbonyl (C=O) groups excluding carboxylic acids is 2. The molecule has 6 heteroatoms. The van der Waals surface area contributed by atoms with Crippen molar-refractivity contribution in [1.29, 1.82) is 0 Å². The smallest absolute Gasteiger partial charge is 0.272 e. The van der Waals surface area contributed by atoms with Crippen molar-refractivity contribution < 1.29 is 14.0 Å². The van der Waals surface area contributed by atoms with Crippen LogP contribution in [0.5, 0.6) is 0 Å². The Bertz CT molecular complexity index is 584. The second kappa shape index (κ2) is 7.73. The molecule has 2 amide bonds. The standard InChI is InChI=1S/C18H24FN3O2/c19-15-6-7-16(20-13-15)18(24)22-9-3-8-21(10-11-22)17(23)12-14-4-1-2-5-14/h6-7,13-14H,1-5,8-12H2. The lowest BCUT2D eigenvalue weighted by Crippen LogP contribution is -2.38. The molecule has 3 rings (SSSR count). The van der Waals surface area contributed by atoms with Crippen LogP contribution in [0, 0.1) is 11.7 Å². The lowest BCUT2D eigenvalue weighted by Gasteiger charge is -2.23. The third-order valence-corrected chi connectivity index (χ3v) is 5.02. The maximum atomic E-state index is 12.9. The van der Waals surface area contributed by atoms with E-state index in [9.17, 15) is 14.0 Å². The maximum Gasteiger partial charge on any atom is 0.272 e. The average Bonchev–Trinajstić information content (AvgIpc) is 2.96. The molecule has 1 saturated heterocycles. The molecular weight excluding hydrogens is 309 g/mol. The van der Waals surface area contributed by atoms with E-state index in [0.29, 0.717) is 38.5 Å². The summed E-state index contributed by atoms with van der Waals surface area (Å²) in [5.41, 5.74) is 0.252. The second-order valence-corrected chi connectivity index (χ2v) is 6.74. The summed E-state index contributed by atoms with van der Waals surface area (Å²) in [6.45, 7) is 2.38. The molecule has 1 aliphatic heterocycles. The number of pyridine rings is 1. The Hall–Kier alpha value is -1.98. The zero-order valence-electron chi connectivity index (χ0n) is 13.9. The van der Waals surface area contributed by atoms with Gasteiger partial charge in [-0.25, -0.2) is 9.37 Å². The van der Waals surface area contributed by atoms with Gasteiger partial charge in [-0.05, 0) is 37.3 Å². The summed E-state index contributed by atoms with van der Waals surface area (Å²) < 4.78 is 12.9. The topological polar surface area (TPSA) is 53.5 Å². The summed E-state index contributed by atoms with van der Waals surface area (Å²) in [5, 5.41) is 0. The van der Waals surface area contributed by atoms with Crippen molar-refractivity contribution in [1.82, 2.24) is 14.8 Å². The first kappa shape index (κ1) is 16.9. The molecular formula is C18H24FN3O2. The molecule has 0 N–H and O–H groups in total. The van der Waals surface area contributed by atoms with Crippen molar-refractivity contribution in [2.45, 2.75) is 38.5 Å². The highest BCUT2D eigenvalue weighted by atomic mass is 19.1. The molecule has 0 spiro atoms. The fourth-order valence-electron chi connectivity index (χ4n) is 3.62. The average molecular weight is 333 g/mol. The SMILES string of the molecule is O=C(CC1CCCC1)N1CCCN(C(=O)c2ccc(F)cn2)CC1. The number of amides is 2. The number of nitrogens with zero attached hydrogens (tertiary/aromatic N) is 3. The predicted molar refractivity (Wildman–Crippen MR) is 87.9 cm³/mol. The summed E-state index contributed by atoms with van der Waals surface area (Å²) in [5.74, 6) is 0.115. The van der Waals surface area contributed by atoms with E-state index < -0.39 is 5.82 Å². The maximum absolute atomic E-state index is 12.9. The molecule has 1 aliphatic carbocycles. The van der Waals surface area contributed by atoms with Crippen LogP contribution in [0.25, 0.3) is 0 Å². The minimum atomic E-state index is -0.453. The van der Waals surface area contributed by atoms with E-state index >= 15 is 0 Å². The number of hydrogen-bond donors (Lipinski definition) is 0. The quantitative estimate of drug-likeness (QED) is 0.854. The van der Waals surface area contributed by atoms with E-state index in [0.717, 1.165) is 12.6 Å². The highest BCUT2D eigenvalue weighted by Gasteiger charge is 2.26. The van der Waals surface area contributed by atoms with E-state index in [1.807, 2.05) is 4.90 Å². The van der Waals surface area contributed by atoms with Crippen LogP contribution in [-0.4, -0.2) is 52.8 Å². The van der Waals surface area contributed by atoms with Crippen molar-refractivity contribution in [2.24, 2.45) is 5.92 Å². The monoisotopic (exact) mass is 333 g/mol. The van der Waals surface area contributed by atoms with Gasteiger partial charge >= 0.3 is 0 Å². The molecule has 1 saturated carbocycles. The van der Waals surface area contributed by atoms with E-state index in [2.05, 4.69) is 4.98 Å². The van der Waals surface area contributed by atoms with E-state index in [1.165, 1.54) is 37.8 Å². The molecule has 0 unspecified atom stereocenters. The predicted octanol–water partition coefficient (Wildman–Crippen LogP) is 2.48. The summed E-state index contributed by atoms with van der Waals surface area (Å²) in [4.78, 5) is 32.4. The highest BCUT2D eigenvalue weighted by molar-refractivity contribution is 5.92. The van der Waals surface area contributed by atoms with E-state index in [-0.39, 0.29) is 17.5 Å². The molecule has 24 heavy (non-hydrogen) atoms. The normalized spacial score (nSPS) is 19.4. The molecule has 2 fully saturated rings. The van der Waals surface area contributed by atoms with Crippen molar-refractivity contribution in [3.63, 3.8) is 0 Å². The van der Waals surface area contributed by atoms with Crippen molar-refractivity contribution in [3.8, 4) is 0 Å². The number of aromatic nitrogens is 1. The number of halogens is 1. The first-order valence-electron chi connectivity index (χ1n) is 8.82. The minimum absolute atomic E-state index is 0.194. The lowest BCUT2D eigenvalue weighted by molar-refractivity contribution is -0.132. The zero-order valence-corrected chi connectivity index (χ0v) is 13.9. The Labute approximate surface area is 141 Å². The lowest BCUT2D eigenvalue weighted by atomic mass is 10.0. The van der Waals surface area contributed by atoms with Crippen LogP contribution in [0.15, 0.2) is 18.3 Å². The molecule has 0 bridgehead atoms. The largest absolute Gasteiger partial charge is 0.341 e. The number of rotatable bonds is 3. The van der Waals surface area contributed by atoms with Crippen LogP contribution < -0.4 is 0 Å². The fraction of sp³-hybridized carbons (Fsp3) is 0.611. The van der Waals surface area contributed by atoms with Crippen LogP contribution in [0.4, 0.5) is 4.39 Å². The summed E-state index contributed by atoms with van der Waals surface area (Å²) in [6, 6.07) is 2.65. The van der Waals surface area contributed by atoms with Crippen molar-refractivity contribution in [2.75, 3.05) is 26.2 Å². The second-order valence-electron chi connectivity index (χ2n) is 6.74. The fourth-order valence-corrected chi connectivity index (χ4v) is 3.62. The summed E-state index contributed by atoms with van der Waals surface area (Å²) in [7, 11) is 0. The van der Waals surface area contributed by atoms with Crippen LogP contribution in [-0.2, 0) is 4.79 Å². The molecule has 2 aliphatic rings. The molecule has 1 aromatic rings. The van der Waals surface area contributed by atoms with Gasteiger partial charge in [0.15, 0.2) is 0 Å². The van der Waals surface area contributed by atoms with Gasteiger partial charge in [0.25, 0.3) is 5.91 Å². The Morgan fingerprint density at radius 1 is 1.04 bits per heavy atom. The van der Waals surface area contributed by atoms with Gasteiger partial charge in [-0.2, -0.15) is 0 Å². The first-order chi connectivity index (χ1) is 11.6. The van der Waals surface area contributed by atoms with Gasteiger partial charge in [0.1, 0.15) is 11.5 Å². The number of carbonyl (C=O) groups is 2. The van der Waals surface area contributed by atoms with Crippen LogP contribution >= 0.6 is 0 Å². The first-order valence-corrected chi connectivity index (χ1v) is 8.82. The van der Waals surface area contributed by atoms with Gasteiger partial charge in [-0.1, -0.05) is 12.8 Å². The van der Waals surface area contributed by atoms with Gasteiger partial charge < -0.3 is 9.80 Å². The Kier molecular flexibility index (Phi) is 5.43. The zero-order chi connectivity index (χ0) is 16.9. The van der Waals surface area contributed by atoms with Gasteiger partial charge in [-0.15, -0.1) is 0 Å². The molecule has 5 nitrogen and oxygen atoms in total. The molecule has 0 atom stereocenters. The molecule has 1 aromatic heterocycles. The Morgan fingerprint density at radius 2 is 1.75 bits per heavy atom. The summed E-state index contributed by atoms with van der Waals surface area (Å²) >= 11 is 0. The van der Waals surface area contributed by atoms with E-state index in [1.54, 1.807) is 4.90 Å². The molecule has 0 aromatic carbocycles. The minimum Gasteiger partial charge on any atom is -0.341 e. The van der Waals surface area contributed by atoms with E-state index in [4.69, 9.17) is 0 Å². The summed E-state index contributed by atoms with van der Waals surface area (Å²) in [6.07, 6.45) is 7.29. The molecule has 0 radical (unpaired) electrons. The third-order valence-electron chi connectivity index (χ3n) is 5.02. The number of hydrogen-bond acceptors (Lipinski definition) is 3. The highest BCUT2D eigenvalue weighted by Crippen LogP contribution is 2.28. The van der Waals surface area contributed by atoms with Crippen molar-refractivity contribution >= 4 is 11.8 Å². The van der Waals surface area contributed by atoms with Crippen molar-refractivity contribution in [3.05, 3.63) is 29.8 Å². The van der Waals surface area contributed by atoms with Crippen LogP contribution in [0.3, 0.4) is 0 Å². The van der Waals surface area contributed by atoms with Gasteiger partial charge in [0.05, 0.1) is 6.20 Å². The van der Waals surface area contributed by atoms with Gasteiger partial charge in [0.2, 0.25) is 5.91 Å². The van der Waals surface area contributed by atoms with Crippen LogP contribution in [0.2, 0.25) is 0 Å². The Balaban J connectivity index is 1.55. The third kappa shape index (κ3) is 4.10. The van der Waals surface area contributed by atoms with Crippen LogP contribution in [0.1, 0.15) is 49.0 Å². The molecule has 130 valence electrons. The van der Waals surface area contributed by atoms with Gasteiger partial charge in [0, 0.05) is 32.6 Å². The Morgan fingerprint density at radius 3 is 2.46 bits per heavy atom. The molecule has 2 heterocycles.